The van der Waals surface area contributed by atoms with Crippen LogP contribution in [0.1, 0.15) is 32.8 Å². The number of hydrogen-bond donors (Lipinski definition) is 0. The fraction of sp³-hybridized carbons (Fsp3) is 0.571. The average molecular weight is 246 g/mol. The standard InChI is InChI=1S/C12H16N4.C2H6/c1-3-15-8-9(2)11-12(15)10(7-13-14-11)16-5-4-6-16;1-2/h7-8H,3-6H2,1-2H3;1-2H3. The number of nitrogens with zero attached hydrogens (tertiary/aromatic N) is 4. The van der Waals surface area contributed by atoms with E-state index >= 15 is 0 Å². The Labute approximate surface area is 109 Å². The molecule has 0 bridgehead atoms. The van der Waals surface area contributed by atoms with E-state index in [0.717, 1.165) is 25.2 Å². The highest BCUT2D eigenvalue weighted by Crippen LogP contribution is 2.30. The minimum atomic E-state index is 0.983. The van der Waals surface area contributed by atoms with E-state index in [1.54, 1.807) is 0 Å². The van der Waals surface area contributed by atoms with Crippen LogP contribution in [0.3, 0.4) is 0 Å². The van der Waals surface area contributed by atoms with Gasteiger partial charge in [-0.15, -0.1) is 5.10 Å². The first-order valence-corrected chi connectivity index (χ1v) is 6.87. The second-order valence-electron chi connectivity index (χ2n) is 4.37. The lowest BCUT2D eigenvalue weighted by Gasteiger charge is -2.33. The van der Waals surface area contributed by atoms with E-state index in [2.05, 4.69) is 39.7 Å². The van der Waals surface area contributed by atoms with E-state index in [0.29, 0.717) is 0 Å². The maximum Gasteiger partial charge on any atom is 0.116 e. The summed E-state index contributed by atoms with van der Waals surface area (Å²) in [6, 6.07) is 0. The molecule has 18 heavy (non-hydrogen) atoms. The first-order valence-electron chi connectivity index (χ1n) is 6.87. The summed E-state index contributed by atoms with van der Waals surface area (Å²) in [5.74, 6) is 0. The van der Waals surface area contributed by atoms with Gasteiger partial charge in [-0.25, -0.2) is 0 Å². The van der Waals surface area contributed by atoms with Gasteiger partial charge in [0, 0.05) is 25.8 Å². The van der Waals surface area contributed by atoms with Crippen LogP contribution in [0.25, 0.3) is 11.0 Å². The van der Waals surface area contributed by atoms with Crippen molar-refractivity contribution in [1.29, 1.82) is 0 Å². The summed E-state index contributed by atoms with van der Waals surface area (Å²) in [5.41, 5.74) is 4.75. The summed E-state index contributed by atoms with van der Waals surface area (Å²) >= 11 is 0. The molecule has 0 unspecified atom stereocenters. The highest BCUT2D eigenvalue weighted by Gasteiger charge is 2.20. The van der Waals surface area contributed by atoms with Crippen LogP contribution in [0.4, 0.5) is 5.69 Å². The molecule has 1 saturated heterocycles. The van der Waals surface area contributed by atoms with Crippen molar-refractivity contribution >= 4 is 16.7 Å². The Morgan fingerprint density at radius 1 is 1.28 bits per heavy atom. The fourth-order valence-corrected chi connectivity index (χ4v) is 2.32. The Balaban J connectivity index is 0.000000574. The zero-order valence-electron chi connectivity index (χ0n) is 11.8. The van der Waals surface area contributed by atoms with Gasteiger partial charge in [-0.3, -0.25) is 0 Å². The highest BCUT2D eigenvalue weighted by molar-refractivity contribution is 5.91. The van der Waals surface area contributed by atoms with Gasteiger partial charge in [0.25, 0.3) is 0 Å². The summed E-state index contributed by atoms with van der Waals surface area (Å²) in [5, 5.41) is 8.37. The highest BCUT2D eigenvalue weighted by atomic mass is 15.2. The first-order chi connectivity index (χ1) is 8.81. The molecule has 0 saturated carbocycles. The molecule has 0 spiro atoms. The second-order valence-corrected chi connectivity index (χ2v) is 4.37. The number of aromatic nitrogens is 3. The first kappa shape index (κ1) is 12.9. The van der Waals surface area contributed by atoms with Crippen LogP contribution in [0, 0.1) is 6.92 Å². The van der Waals surface area contributed by atoms with Crippen LogP contribution in [0.5, 0.6) is 0 Å². The Morgan fingerprint density at radius 3 is 2.56 bits per heavy atom. The molecule has 1 aliphatic heterocycles. The molecule has 0 aliphatic carbocycles. The van der Waals surface area contributed by atoms with Crippen molar-refractivity contribution in [2.75, 3.05) is 18.0 Å². The van der Waals surface area contributed by atoms with Crippen molar-refractivity contribution in [2.45, 2.75) is 40.7 Å². The number of rotatable bonds is 2. The summed E-state index contributed by atoms with van der Waals surface area (Å²) in [7, 11) is 0. The summed E-state index contributed by atoms with van der Waals surface area (Å²) in [4.78, 5) is 2.38. The Bertz CT molecular complexity index is 526. The lowest BCUT2D eigenvalue weighted by molar-refractivity contribution is 0.616. The zero-order chi connectivity index (χ0) is 13.1. The molecule has 0 amide bonds. The summed E-state index contributed by atoms with van der Waals surface area (Å²) in [6.45, 7) is 11.5. The van der Waals surface area contributed by atoms with E-state index in [1.807, 2.05) is 20.0 Å². The molecular formula is C14H22N4. The molecule has 0 N–H and O–H groups in total. The summed E-state index contributed by atoms with van der Waals surface area (Å²) < 4.78 is 2.27. The maximum absolute atomic E-state index is 4.25. The van der Waals surface area contributed by atoms with Crippen molar-refractivity contribution in [2.24, 2.45) is 0 Å². The topological polar surface area (TPSA) is 34.0 Å². The molecule has 98 valence electrons. The molecule has 3 rings (SSSR count). The molecule has 0 radical (unpaired) electrons. The SMILES string of the molecule is CC.CCn1cc(C)c2nncc(N3CCC3)c21. The molecule has 0 aromatic carbocycles. The second kappa shape index (κ2) is 5.38. The van der Waals surface area contributed by atoms with Gasteiger partial charge < -0.3 is 9.47 Å². The van der Waals surface area contributed by atoms with Gasteiger partial charge in [0.05, 0.1) is 17.4 Å². The number of hydrogen-bond acceptors (Lipinski definition) is 3. The van der Waals surface area contributed by atoms with Crippen LogP contribution in [-0.2, 0) is 6.54 Å². The fourth-order valence-electron chi connectivity index (χ4n) is 2.32. The van der Waals surface area contributed by atoms with E-state index in [9.17, 15) is 0 Å². The van der Waals surface area contributed by atoms with Crippen molar-refractivity contribution in [3.05, 3.63) is 18.0 Å². The van der Waals surface area contributed by atoms with Crippen LogP contribution in [-0.4, -0.2) is 27.9 Å². The Kier molecular flexibility index (Phi) is 3.84. The van der Waals surface area contributed by atoms with Crippen molar-refractivity contribution in [3.63, 3.8) is 0 Å². The normalized spacial score (nSPS) is 14.1. The number of aryl methyl sites for hydroxylation is 2. The molecule has 0 atom stereocenters. The molecule has 1 fully saturated rings. The van der Waals surface area contributed by atoms with Crippen LogP contribution in [0.15, 0.2) is 12.4 Å². The predicted molar refractivity (Wildman–Crippen MR) is 76.1 cm³/mol. The van der Waals surface area contributed by atoms with Gasteiger partial charge in [0.2, 0.25) is 0 Å². The molecule has 4 heteroatoms. The lowest BCUT2D eigenvalue weighted by atomic mass is 10.2. The smallest absolute Gasteiger partial charge is 0.116 e. The summed E-state index contributed by atoms with van der Waals surface area (Å²) in [6.07, 6.45) is 5.35. The zero-order valence-corrected chi connectivity index (χ0v) is 11.8. The van der Waals surface area contributed by atoms with E-state index in [-0.39, 0.29) is 0 Å². The molecule has 2 aromatic rings. The van der Waals surface area contributed by atoms with E-state index < -0.39 is 0 Å². The maximum atomic E-state index is 4.25. The van der Waals surface area contributed by atoms with Crippen LogP contribution in [0.2, 0.25) is 0 Å². The average Bonchev–Trinajstić information content (AvgIpc) is 2.68. The monoisotopic (exact) mass is 246 g/mol. The van der Waals surface area contributed by atoms with Gasteiger partial charge in [0.15, 0.2) is 0 Å². The third kappa shape index (κ3) is 1.96. The molecule has 4 nitrogen and oxygen atoms in total. The van der Waals surface area contributed by atoms with Gasteiger partial charge in [0.1, 0.15) is 5.52 Å². The van der Waals surface area contributed by atoms with Crippen molar-refractivity contribution < 1.29 is 0 Å². The third-order valence-corrected chi connectivity index (χ3v) is 3.35. The molecule has 2 aromatic heterocycles. The molecule has 1 aliphatic rings. The van der Waals surface area contributed by atoms with Gasteiger partial charge in [-0.2, -0.15) is 5.10 Å². The predicted octanol–water partition coefficient (Wildman–Crippen LogP) is 3.00. The third-order valence-electron chi connectivity index (χ3n) is 3.35. The van der Waals surface area contributed by atoms with Crippen LogP contribution >= 0.6 is 0 Å². The quantitative estimate of drug-likeness (QED) is 0.817. The van der Waals surface area contributed by atoms with E-state index in [4.69, 9.17) is 0 Å². The largest absolute Gasteiger partial charge is 0.368 e. The van der Waals surface area contributed by atoms with Crippen LogP contribution < -0.4 is 4.90 Å². The van der Waals surface area contributed by atoms with Crippen molar-refractivity contribution in [3.8, 4) is 0 Å². The Morgan fingerprint density at radius 2 is 2.00 bits per heavy atom. The minimum absolute atomic E-state index is 0.983. The lowest BCUT2D eigenvalue weighted by Crippen LogP contribution is -2.37. The van der Waals surface area contributed by atoms with E-state index in [1.165, 1.54) is 23.2 Å². The number of fused-ring (bicyclic) bond motifs is 1. The minimum Gasteiger partial charge on any atom is -0.368 e. The molecule has 3 heterocycles. The van der Waals surface area contributed by atoms with Gasteiger partial charge in [-0.05, 0) is 25.8 Å². The number of anilines is 1. The molecular weight excluding hydrogens is 224 g/mol. The van der Waals surface area contributed by atoms with Gasteiger partial charge in [-0.1, -0.05) is 13.8 Å². The van der Waals surface area contributed by atoms with Crippen molar-refractivity contribution in [1.82, 2.24) is 14.8 Å². The van der Waals surface area contributed by atoms with Gasteiger partial charge >= 0.3 is 0 Å². The Hall–Kier alpha value is -1.58.